The number of nitrogens with one attached hydrogen (secondary N) is 1. The number of ether oxygens (including phenoxy) is 1. The van der Waals surface area contributed by atoms with Crippen molar-refractivity contribution in [2.45, 2.75) is 36.8 Å². The highest BCUT2D eigenvalue weighted by Gasteiger charge is 2.36. The monoisotopic (exact) mass is 359 g/mol. The molecule has 1 saturated carbocycles. The lowest BCUT2D eigenvalue weighted by molar-refractivity contribution is -0.150. The van der Waals surface area contributed by atoms with Crippen molar-refractivity contribution in [3.63, 3.8) is 0 Å². The van der Waals surface area contributed by atoms with Gasteiger partial charge in [0, 0.05) is 6.04 Å². The summed E-state index contributed by atoms with van der Waals surface area (Å²) in [5, 5.41) is 0. The first-order chi connectivity index (χ1) is 12.1. The van der Waals surface area contributed by atoms with Crippen LogP contribution < -0.4 is 4.72 Å². The van der Waals surface area contributed by atoms with Crippen LogP contribution >= 0.6 is 0 Å². The van der Waals surface area contributed by atoms with Crippen molar-refractivity contribution in [2.75, 3.05) is 0 Å². The summed E-state index contributed by atoms with van der Waals surface area (Å²) in [5.74, 6) is -0.788. The van der Waals surface area contributed by atoms with E-state index in [2.05, 4.69) is 4.72 Å². The first-order valence-electron chi connectivity index (χ1n) is 8.34. The second-order valence-corrected chi connectivity index (χ2v) is 7.89. The molecule has 1 aliphatic rings. The molecule has 5 nitrogen and oxygen atoms in total. The second kappa shape index (κ2) is 7.80. The van der Waals surface area contributed by atoms with Gasteiger partial charge in [-0.2, -0.15) is 0 Å². The van der Waals surface area contributed by atoms with Gasteiger partial charge in [-0.1, -0.05) is 55.0 Å². The first kappa shape index (κ1) is 17.6. The van der Waals surface area contributed by atoms with Crippen molar-refractivity contribution in [2.24, 2.45) is 5.92 Å². The summed E-state index contributed by atoms with van der Waals surface area (Å²) < 4.78 is 33.0. The van der Waals surface area contributed by atoms with Gasteiger partial charge in [0.25, 0.3) is 0 Å². The summed E-state index contributed by atoms with van der Waals surface area (Å²) >= 11 is 0. The van der Waals surface area contributed by atoms with Crippen LogP contribution in [0, 0.1) is 5.92 Å². The Morgan fingerprint density at radius 3 is 2.32 bits per heavy atom. The predicted octanol–water partition coefficient (Wildman–Crippen LogP) is 2.88. The summed E-state index contributed by atoms with van der Waals surface area (Å²) in [6, 6.07) is 17.2. The Bertz CT molecular complexity index is 806. The van der Waals surface area contributed by atoms with Crippen molar-refractivity contribution in [3.8, 4) is 0 Å². The zero-order valence-corrected chi connectivity index (χ0v) is 14.6. The Balaban J connectivity index is 1.63. The van der Waals surface area contributed by atoms with E-state index in [9.17, 15) is 13.2 Å². The number of hydrogen-bond acceptors (Lipinski definition) is 4. The van der Waals surface area contributed by atoms with Crippen LogP contribution in [0.1, 0.15) is 24.8 Å². The predicted molar refractivity (Wildman–Crippen MR) is 94.1 cm³/mol. The molecule has 0 unspecified atom stereocenters. The average Bonchev–Trinajstić information content (AvgIpc) is 3.09. The number of esters is 1. The van der Waals surface area contributed by atoms with E-state index < -0.39 is 22.0 Å². The van der Waals surface area contributed by atoms with Gasteiger partial charge in [0.2, 0.25) is 10.0 Å². The average molecular weight is 359 g/mol. The van der Waals surface area contributed by atoms with Crippen LogP contribution in [0.2, 0.25) is 0 Å². The fourth-order valence-electron chi connectivity index (χ4n) is 3.09. The van der Waals surface area contributed by atoms with Gasteiger partial charge < -0.3 is 4.74 Å². The normalized spacial score (nSPS) is 20.3. The van der Waals surface area contributed by atoms with Crippen LogP contribution in [0.3, 0.4) is 0 Å². The van der Waals surface area contributed by atoms with Crippen molar-refractivity contribution in [1.29, 1.82) is 0 Å². The SMILES string of the molecule is O=C(OCc1ccccc1)[C@H]1CCC[C@H]1NS(=O)(=O)c1ccccc1. The van der Waals surface area contributed by atoms with Crippen molar-refractivity contribution < 1.29 is 17.9 Å². The molecule has 0 spiro atoms. The molecule has 2 aromatic carbocycles. The third kappa shape index (κ3) is 4.46. The topological polar surface area (TPSA) is 72.5 Å². The smallest absolute Gasteiger partial charge is 0.310 e. The maximum Gasteiger partial charge on any atom is 0.310 e. The van der Waals surface area contributed by atoms with Gasteiger partial charge in [0.15, 0.2) is 0 Å². The third-order valence-electron chi connectivity index (χ3n) is 4.40. The molecule has 1 aliphatic carbocycles. The molecule has 1 N–H and O–H groups in total. The molecule has 0 saturated heterocycles. The van der Waals surface area contributed by atoms with Crippen molar-refractivity contribution in [1.82, 2.24) is 4.72 Å². The maximum atomic E-state index is 12.5. The van der Waals surface area contributed by atoms with Crippen molar-refractivity contribution >= 4 is 16.0 Å². The van der Waals surface area contributed by atoms with E-state index in [1.54, 1.807) is 30.3 Å². The number of sulfonamides is 1. The molecule has 6 heteroatoms. The lowest BCUT2D eigenvalue weighted by atomic mass is 10.1. The molecule has 2 atom stereocenters. The number of carbonyl (C=O) groups is 1. The van der Waals surface area contributed by atoms with E-state index in [1.807, 2.05) is 30.3 Å². The molecule has 2 aromatic rings. The highest BCUT2D eigenvalue weighted by atomic mass is 32.2. The molecule has 1 fully saturated rings. The van der Waals surface area contributed by atoms with Crippen LogP contribution in [0.25, 0.3) is 0 Å². The Kier molecular flexibility index (Phi) is 5.50. The van der Waals surface area contributed by atoms with Gasteiger partial charge in [-0.05, 0) is 30.5 Å². The molecular formula is C19H21NO4S. The molecule has 0 bridgehead atoms. The fourth-order valence-corrected chi connectivity index (χ4v) is 4.42. The highest BCUT2D eigenvalue weighted by molar-refractivity contribution is 7.89. The highest BCUT2D eigenvalue weighted by Crippen LogP contribution is 2.28. The van der Waals surface area contributed by atoms with E-state index in [0.717, 1.165) is 12.0 Å². The first-order valence-corrected chi connectivity index (χ1v) is 9.82. The molecular weight excluding hydrogens is 338 g/mol. The number of rotatable bonds is 6. The van der Waals surface area contributed by atoms with Gasteiger partial charge in [-0.25, -0.2) is 13.1 Å². The Morgan fingerprint density at radius 1 is 1.00 bits per heavy atom. The summed E-state index contributed by atoms with van der Waals surface area (Å²) in [6.45, 7) is 0.203. The van der Waals surface area contributed by atoms with Crippen LogP contribution in [-0.4, -0.2) is 20.4 Å². The van der Waals surface area contributed by atoms with E-state index in [1.165, 1.54) is 0 Å². The lowest BCUT2D eigenvalue weighted by Gasteiger charge is -2.20. The molecule has 132 valence electrons. The minimum absolute atomic E-state index is 0.203. The summed E-state index contributed by atoms with van der Waals surface area (Å²) in [5.41, 5.74) is 0.912. The van der Waals surface area contributed by atoms with Crippen LogP contribution in [0.15, 0.2) is 65.6 Å². The summed E-state index contributed by atoms with van der Waals surface area (Å²) in [7, 11) is -3.64. The van der Waals surface area contributed by atoms with Gasteiger partial charge in [0.1, 0.15) is 6.61 Å². The minimum atomic E-state index is -3.64. The number of carbonyl (C=O) groups excluding carboxylic acids is 1. The quantitative estimate of drug-likeness (QED) is 0.805. The van der Waals surface area contributed by atoms with E-state index in [0.29, 0.717) is 12.8 Å². The van der Waals surface area contributed by atoms with Gasteiger partial charge in [0.05, 0.1) is 10.8 Å². The molecule has 0 aromatic heterocycles. The fraction of sp³-hybridized carbons (Fsp3) is 0.316. The van der Waals surface area contributed by atoms with Gasteiger partial charge in [-0.3, -0.25) is 4.79 Å². The Labute approximate surface area is 148 Å². The zero-order valence-electron chi connectivity index (χ0n) is 13.8. The van der Waals surface area contributed by atoms with Crippen LogP contribution in [0.5, 0.6) is 0 Å². The Morgan fingerprint density at radius 2 is 1.64 bits per heavy atom. The second-order valence-electron chi connectivity index (χ2n) is 6.17. The number of benzene rings is 2. The molecule has 0 radical (unpaired) electrons. The minimum Gasteiger partial charge on any atom is -0.461 e. The van der Waals surface area contributed by atoms with Gasteiger partial charge >= 0.3 is 5.97 Å². The van der Waals surface area contributed by atoms with Gasteiger partial charge in [-0.15, -0.1) is 0 Å². The largest absolute Gasteiger partial charge is 0.461 e. The standard InChI is InChI=1S/C19H21NO4S/c21-19(24-14-15-8-3-1-4-9-15)17-12-7-13-18(17)20-25(22,23)16-10-5-2-6-11-16/h1-6,8-11,17-18,20H,7,12-14H2/t17-,18+/m0/s1. The summed E-state index contributed by atoms with van der Waals surface area (Å²) in [4.78, 5) is 12.6. The lowest BCUT2D eigenvalue weighted by Crippen LogP contribution is -2.40. The van der Waals surface area contributed by atoms with Crippen molar-refractivity contribution in [3.05, 3.63) is 66.2 Å². The Hall–Kier alpha value is -2.18. The summed E-state index contributed by atoms with van der Waals surface area (Å²) in [6.07, 6.45) is 2.07. The van der Waals surface area contributed by atoms with E-state index in [4.69, 9.17) is 4.74 Å². The van der Waals surface area contributed by atoms with E-state index in [-0.39, 0.29) is 17.5 Å². The molecule has 25 heavy (non-hydrogen) atoms. The number of hydrogen-bond donors (Lipinski definition) is 1. The molecule has 0 aliphatic heterocycles. The molecule has 3 rings (SSSR count). The van der Waals surface area contributed by atoms with Crippen LogP contribution in [-0.2, 0) is 26.2 Å². The maximum absolute atomic E-state index is 12.5. The molecule has 0 amide bonds. The van der Waals surface area contributed by atoms with Crippen LogP contribution in [0.4, 0.5) is 0 Å². The third-order valence-corrected chi connectivity index (χ3v) is 5.91. The van der Waals surface area contributed by atoms with E-state index >= 15 is 0 Å². The molecule has 0 heterocycles. The zero-order chi connectivity index (χ0) is 17.7.